The molecule has 2 unspecified atom stereocenters. The van der Waals surface area contributed by atoms with E-state index in [1.165, 1.54) is 12.1 Å². The van der Waals surface area contributed by atoms with E-state index < -0.39 is 23.7 Å². The van der Waals surface area contributed by atoms with Gasteiger partial charge < -0.3 is 30.2 Å². The molecule has 3 N–H and O–H groups in total. The van der Waals surface area contributed by atoms with E-state index in [2.05, 4.69) is 15.4 Å². The first-order valence-corrected chi connectivity index (χ1v) is 16.8. The molecule has 2 amide bonds. The Balaban J connectivity index is 1.09. The van der Waals surface area contributed by atoms with Gasteiger partial charge in [0.15, 0.2) is 0 Å². The lowest BCUT2D eigenvalue weighted by Crippen LogP contribution is -2.49. The minimum atomic E-state index is -1.30. The van der Waals surface area contributed by atoms with Gasteiger partial charge in [-0.1, -0.05) is 66.2 Å². The molecule has 2 aliphatic heterocycles. The third kappa shape index (κ3) is 8.26. The normalized spacial score (nSPS) is 16.6. The van der Waals surface area contributed by atoms with Crippen molar-refractivity contribution in [3.63, 3.8) is 0 Å². The number of anilines is 1. The molecule has 0 spiro atoms. The number of carbonyl (C=O) groups is 3. The lowest BCUT2D eigenvalue weighted by molar-refractivity contribution is -0.139. The van der Waals surface area contributed by atoms with Gasteiger partial charge in [0.25, 0.3) is 11.8 Å². The van der Waals surface area contributed by atoms with Crippen LogP contribution in [0, 0.1) is 18.7 Å². The molecule has 262 valence electrons. The molecule has 0 radical (unpaired) electrons. The van der Waals surface area contributed by atoms with Crippen LogP contribution < -0.4 is 10.2 Å². The summed E-state index contributed by atoms with van der Waals surface area (Å²) >= 11 is 0. The summed E-state index contributed by atoms with van der Waals surface area (Å²) in [6, 6.07) is 24.8. The topological polar surface area (TPSA) is 132 Å². The number of phenolic OH excluding ortho intramolecular Hbond substituents is 1. The molecule has 51 heavy (non-hydrogen) atoms. The zero-order valence-electron chi connectivity index (χ0n) is 28.4. The molecule has 1 fully saturated rings. The summed E-state index contributed by atoms with van der Waals surface area (Å²) in [7, 11) is 0. The first-order chi connectivity index (χ1) is 24.5. The van der Waals surface area contributed by atoms with Crippen LogP contribution in [0.3, 0.4) is 0 Å². The largest absolute Gasteiger partial charge is 0.508 e. The van der Waals surface area contributed by atoms with Gasteiger partial charge in [0.2, 0.25) is 5.76 Å². The maximum atomic E-state index is 15.6. The molecule has 1 saturated heterocycles. The molecule has 6 rings (SSSR count). The number of rotatable bonds is 9. The van der Waals surface area contributed by atoms with Gasteiger partial charge in [-0.2, -0.15) is 0 Å². The van der Waals surface area contributed by atoms with Crippen molar-refractivity contribution < 1.29 is 33.8 Å². The Kier molecular flexibility index (Phi) is 10.5. The average molecular weight is 691 g/mol. The van der Waals surface area contributed by atoms with Crippen molar-refractivity contribution in [2.24, 2.45) is 11.1 Å². The number of phenols is 1. The fraction of sp³-hybridized carbons (Fsp3) is 0.250. The predicted molar refractivity (Wildman–Crippen MR) is 192 cm³/mol. The van der Waals surface area contributed by atoms with Crippen molar-refractivity contribution in [1.82, 2.24) is 10.2 Å². The van der Waals surface area contributed by atoms with Gasteiger partial charge >= 0.3 is 5.97 Å². The average Bonchev–Trinajstić information content (AvgIpc) is 3.32. The quantitative estimate of drug-likeness (QED) is 0.199. The van der Waals surface area contributed by atoms with E-state index >= 15 is 4.39 Å². The molecular weight excluding hydrogens is 651 g/mol. The number of nitrogens with one attached hydrogen (secondary N) is 1. The Hall–Kier alpha value is -5.97. The molecule has 2 atom stereocenters. The minimum absolute atomic E-state index is 0.0733. The van der Waals surface area contributed by atoms with Gasteiger partial charge in [0.05, 0.1) is 5.71 Å². The number of oxime groups is 1. The zero-order chi connectivity index (χ0) is 36.1. The number of carboxylic acids is 1. The minimum Gasteiger partial charge on any atom is -0.508 e. The number of carbonyl (C=O) groups excluding carboxylic acids is 2. The molecule has 2 aliphatic rings. The maximum absolute atomic E-state index is 15.6. The number of allylic oxidation sites excluding steroid dienone is 1. The summed E-state index contributed by atoms with van der Waals surface area (Å²) in [6.45, 7) is 5.92. The second-order valence-electron chi connectivity index (χ2n) is 12.9. The van der Waals surface area contributed by atoms with Crippen molar-refractivity contribution in [2.75, 3.05) is 31.1 Å². The Morgan fingerprint density at radius 1 is 0.941 bits per heavy atom. The Labute approximate surface area is 295 Å². The Morgan fingerprint density at radius 3 is 2.39 bits per heavy atom. The molecule has 0 bridgehead atoms. The van der Waals surface area contributed by atoms with Crippen LogP contribution in [0.2, 0.25) is 0 Å². The van der Waals surface area contributed by atoms with Crippen molar-refractivity contribution in [1.29, 1.82) is 0 Å². The van der Waals surface area contributed by atoms with Crippen molar-refractivity contribution in [2.45, 2.75) is 32.7 Å². The van der Waals surface area contributed by atoms with Crippen LogP contribution in [-0.4, -0.2) is 70.8 Å². The Morgan fingerprint density at radius 2 is 1.69 bits per heavy atom. The fourth-order valence-corrected chi connectivity index (χ4v) is 6.23. The SMILES string of the molecule is Cc1ccc(-c2cccc(C(=O)NC(Cc3ccc(C4=NOC(C(=O)N5CCN(c6cccc(O)c6)CC5)=CCC4C)c(F)c3)C(=O)O)c2)cc1. The van der Waals surface area contributed by atoms with E-state index in [9.17, 15) is 24.6 Å². The molecule has 10 nitrogen and oxygen atoms in total. The predicted octanol–water partition coefficient (Wildman–Crippen LogP) is 5.93. The second-order valence-corrected chi connectivity index (χ2v) is 12.9. The van der Waals surface area contributed by atoms with Crippen LogP contribution >= 0.6 is 0 Å². The van der Waals surface area contributed by atoms with Crippen LogP contribution in [-0.2, 0) is 20.8 Å². The fourth-order valence-electron chi connectivity index (χ4n) is 6.23. The summed E-state index contributed by atoms with van der Waals surface area (Å²) in [5.74, 6) is -2.75. The molecule has 4 aromatic carbocycles. The van der Waals surface area contributed by atoms with E-state index in [1.54, 1.807) is 53.4 Å². The second kappa shape index (κ2) is 15.3. The molecule has 2 heterocycles. The van der Waals surface area contributed by atoms with Crippen molar-refractivity contribution in [3.8, 4) is 16.9 Å². The molecule has 11 heteroatoms. The summed E-state index contributed by atoms with van der Waals surface area (Å²) in [5, 5.41) is 26.5. The maximum Gasteiger partial charge on any atom is 0.326 e. The number of aliphatic carboxylic acids is 1. The zero-order valence-corrected chi connectivity index (χ0v) is 28.4. The highest BCUT2D eigenvalue weighted by Crippen LogP contribution is 2.26. The lowest BCUT2D eigenvalue weighted by atomic mass is 9.93. The van der Waals surface area contributed by atoms with E-state index in [4.69, 9.17) is 4.84 Å². The van der Waals surface area contributed by atoms with Gasteiger partial charge in [-0.05, 0) is 72.5 Å². The van der Waals surface area contributed by atoms with E-state index in [-0.39, 0.29) is 35.3 Å². The smallest absolute Gasteiger partial charge is 0.326 e. The van der Waals surface area contributed by atoms with E-state index in [0.29, 0.717) is 49.4 Å². The van der Waals surface area contributed by atoms with Gasteiger partial charge in [0, 0.05) is 61.4 Å². The molecule has 0 saturated carbocycles. The highest BCUT2D eigenvalue weighted by atomic mass is 19.1. The standard InChI is InChI=1S/C40H39FN4O6/c1-25-9-13-28(14-10-25)29-5-3-6-30(23-29)38(47)42-35(40(49)50)22-27-12-15-33(34(41)21-27)37-26(2)11-16-36(51-43-37)39(48)45-19-17-44(18-20-45)31-7-4-8-32(46)24-31/h3-10,12-16,21,23-24,26,35,46H,11,17-20,22H2,1-2H3,(H,42,47)(H,49,50). The molecule has 4 aromatic rings. The highest BCUT2D eigenvalue weighted by molar-refractivity contribution is 6.03. The number of aryl methyl sites for hydroxylation is 1. The molecular formula is C40H39FN4O6. The highest BCUT2D eigenvalue weighted by Gasteiger charge is 2.29. The Bertz CT molecular complexity index is 2000. The number of amides is 2. The number of nitrogens with zero attached hydrogens (tertiary/aromatic N) is 3. The van der Waals surface area contributed by atoms with Crippen LogP contribution in [0.5, 0.6) is 5.75 Å². The number of piperazine rings is 1. The first-order valence-electron chi connectivity index (χ1n) is 16.8. The first kappa shape index (κ1) is 34.9. The van der Waals surface area contributed by atoms with Crippen LogP contribution in [0.25, 0.3) is 11.1 Å². The molecule has 0 aromatic heterocycles. The number of hydrogen-bond donors (Lipinski definition) is 3. The van der Waals surface area contributed by atoms with Crippen LogP contribution in [0.4, 0.5) is 10.1 Å². The van der Waals surface area contributed by atoms with Gasteiger partial charge in [-0.3, -0.25) is 9.59 Å². The lowest BCUT2D eigenvalue weighted by Gasteiger charge is -2.36. The third-order valence-electron chi connectivity index (χ3n) is 9.20. The summed E-state index contributed by atoms with van der Waals surface area (Å²) < 4.78 is 15.6. The van der Waals surface area contributed by atoms with Gasteiger partial charge in [-0.15, -0.1) is 0 Å². The number of hydrogen-bond acceptors (Lipinski definition) is 7. The summed E-state index contributed by atoms with van der Waals surface area (Å²) in [5.41, 5.74) is 4.92. The number of carboxylic acid groups (broad SMARTS) is 1. The molecule has 0 aliphatic carbocycles. The van der Waals surface area contributed by atoms with Crippen LogP contribution in [0.15, 0.2) is 108 Å². The van der Waals surface area contributed by atoms with E-state index in [0.717, 1.165) is 22.4 Å². The van der Waals surface area contributed by atoms with E-state index in [1.807, 2.05) is 50.2 Å². The third-order valence-corrected chi connectivity index (χ3v) is 9.20. The summed E-state index contributed by atoms with van der Waals surface area (Å²) in [6.07, 6.45) is 1.92. The monoisotopic (exact) mass is 690 g/mol. The van der Waals surface area contributed by atoms with Crippen molar-refractivity contribution >= 4 is 29.2 Å². The van der Waals surface area contributed by atoms with Gasteiger partial charge in [-0.25, -0.2) is 9.18 Å². The summed E-state index contributed by atoms with van der Waals surface area (Å²) in [4.78, 5) is 48.0. The van der Waals surface area contributed by atoms with Gasteiger partial charge in [0.1, 0.15) is 17.6 Å². The number of halogens is 1. The number of benzene rings is 4. The van der Waals surface area contributed by atoms with Crippen molar-refractivity contribution in [3.05, 3.63) is 131 Å². The van der Waals surface area contributed by atoms with Crippen LogP contribution in [0.1, 0.15) is 40.4 Å². The number of aromatic hydroxyl groups is 1.